The number of hydrogen-bond acceptors (Lipinski definition) is 3. The highest BCUT2D eigenvalue weighted by Gasteiger charge is 1.97. The second-order valence-corrected chi connectivity index (χ2v) is 1.80. The van der Waals surface area contributed by atoms with Crippen LogP contribution in [0.25, 0.3) is 6.08 Å². The zero-order chi connectivity index (χ0) is 7.40. The molecule has 0 atom stereocenters. The quantitative estimate of drug-likeness (QED) is 0.479. The molecule has 0 radical (unpaired) electrons. The maximum absolute atomic E-state index is 8.39. The van der Waals surface area contributed by atoms with Crippen LogP contribution < -0.4 is 0 Å². The van der Waals surface area contributed by atoms with Crippen molar-refractivity contribution < 1.29 is 10.0 Å². The highest BCUT2D eigenvalue weighted by molar-refractivity contribution is 6.48. The van der Waals surface area contributed by atoms with Crippen molar-refractivity contribution in [1.82, 2.24) is 10.2 Å². The Labute approximate surface area is 58.4 Å². The van der Waals surface area contributed by atoms with Crippen molar-refractivity contribution in [2.24, 2.45) is 0 Å². The molecule has 5 heteroatoms. The van der Waals surface area contributed by atoms with Crippen LogP contribution in [-0.2, 0) is 0 Å². The number of nitrogens with one attached hydrogen (secondary N) is 1. The van der Waals surface area contributed by atoms with Crippen molar-refractivity contribution in [3.8, 4) is 0 Å². The van der Waals surface area contributed by atoms with Crippen molar-refractivity contribution in [1.29, 1.82) is 0 Å². The maximum atomic E-state index is 8.39. The van der Waals surface area contributed by atoms with Crippen LogP contribution in [0, 0.1) is 0 Å². The summed E-state index contributed by atoms with van der Waals surface area (Å²) in [4.78, 5) is 0. The maximum Gasteiger partial charge on any atom is 0.480 e. The summed E-state index contributed by atoms with van der Waals surface area (Å²) in [5, 5.41) is 23.0. The molecule has 0 aliphatic carbocycles. The van der Waals surface area contributed by atoms with E-state index in [9.17, 15) is 0 Å². The molecular formula is C5H7BN2O2. The third-order valence-electron chi connectivity index (χ3n) is 0.980. The summed E-state index contributed by atoms with van der Waals surface area (Å²) in [6.07, 6.45) is 4.80. The fourth-order valence-electron chi connectivity index (χ4n) is 0.549. The lowest BCUT2D eigenvalue weighted by molar-refractivity contribution is 0.424. The SMILES string of the molecule is OB(O)/C=C/c1cn[nH]c1. The van der Waals surface area contributed by atoms with Gasteiger partial charge in [0.2, 0.25) is 0 Å². The van der Waals surface area contributed by atoms with Gasteiger partial charge >= 0.3 is 7.12 Å². The van der Waals surface area contributed by atoms with Crippen molar-refractivity contribution in [2.45, 2.75) is 0 Å². The normalized spacial score (nSPS) is 10.6. The molecule has 0 aliphatic heterocycles. The first-order valence-electron chi connectivity index (χ1n) is 2.82. The Morgan fingerprint density at radius 2 is 2.40 bits per heavy atom. The second-order valence-electron chi connectivity index (χ2n) is 1.80. The van der Waals surface area contributed by atoms with Gasteiger partial charge in [-0.1, -0.05) is 12.1 Å². The van der Waals surface area contributed by atoms with E-state index in [0.717, 1.165) is 5.56 Å². The number of nitrogens with zero attached hydrogens (tertiary/aromatic N) is 1. The Kier molecular flexibility index (Phi) is 2.25. The molecule has 0 spiro atoms. The first-order chi connectivity index (χ1) is 4.79. The Hall–Kier alpha value is -1.07. The Morgan fingerprint density at radius 1 is 1.60 bits per heavy atom. The van der Waals surface area contributed by atoms with Crippen LogP contribution >= 0.6 is 0 Å². The summed E-state index contributed by atoms with van der Waals surface area (Å²) in [6, 6.07) is 0. The molecule has 1 heterocycles. The summed E-state index contributed by atoms with van der Waals surface area (Å²) >= 11 is 0. The molecule has 0 amide bonds. The third-order valence-corrected chi connectivity index (χ3v) is 0.980. The topological polar surface area (TPSA) is 69.1 Å². The van der Waals surface area contributed by atoms with Crippen LogP contribution in [0.4, 0.5) is 0 Å². The summed E-state index contributed by atoms with van der Waals surface area (Å²) in [5.41, 5.74) is 0.813. The van der Waals surface area contributed by atoms with Crippen LogP contribution in [0.2, 0.25) is 0 Å². The third kappa shape index (κ3) is 2.04. The van der Waals surface area contributed by atoms with Gasteiger partial charge in [-0.2, -0.15) is 5.10 Å². The van der Waals surface area contributed by atoms with Gasteiger partial charge in [0.05, 0.1) is 6.20 Å². The number of aromatic nitrogens is 2. The average molecular weight is 138 g/mol. The first kappa shape index (κ1) is 7.05. The van der Waals surface area contributed by atoms with Gasteiger partial charge in [0.1, 0.15) is 0 Å². The minimum absolute atomic E-state index is 0.813. The largest absolute Gasteiger partial charge is 0.480 e. The predicted octanol–water partition coefficient (Wildman–Crippen LogP) is -0.565. The molecule has 1 aromatic rings. The van der Waals surface area contributed by atoms with Gasteiger partial charge in [0.25, 0.3) is 0 Å². The predicted molar refractivity (Wildman–Crippen MR) is 37.8 cm³/mol. The van der Waals surface area contributed by atoms with E-state index in [2.05, 4.69) is 10.2 Å². The minimum Gasteiger partial charge on any atom is -0.424 e. The minimum atomic E-state index is -1.39. The summed E-state index contributed by atoms with van der Waals surface area (Å²) in [5.74, 6) is 1.25. The zero-order valence-electron chi connectivity index (χ0n) is 5.23. The van der Waals surface area contributed by atoms with Crippen LogP contribution in [0.3, 0.4) is 0 Å². The molecule has 0 aromatic carbocycles. The highest BCUT2D eigenvalue weighted by atomic mass is 16.4. The molecule has 1 rings (SSSR count). The monoisotopic (exact) mass is 138 g/mol. The van der Waals surface area contributed by atoms with E-state index in [1.165, 1.54) is 5.98 Å². The first-order valence-corrected chi connectivity index (χ1v) is 2.82. The molecule has 0 aliphatic rings. The van der Waals surface area contributed by atoms with E-state index in [1.54, 1.807) is 18.5 Å². The van der Waals surface area contributed by atoms with Gasteiger partial charge < -0.3 is 10.0 Å². The van der Waals surface area contributed by atoms with Crippen LogP contribution in [-0.4, -0.2) is 27.4 Å². The number of hydrogen-bond donors (Lipinski definition) is 3. The van der Waals surface area contributed by atoms with Crippen LogP contribution in [0.15, 0.2) is 18.4 Å². The summed E-state index contributed by atoms with van der Waals surface area (Å²) in [7, 11) is -1.39. The molecule has 0 unspecified atom stereocenters. The molecule has 4 nitrogen and oxygen atoms in total. The van der Waals surface area contributed by atoms with Crippen LogP contribution in [0.5, 0.6) is 0 Å². The molecular weight excluding hydrogens is 131 g/mol. The van der Waals surface area contributed by atoms with E-state index >= 15 is 0 Å². The standard InChI is InChI=1S/C5H7BN2O2/c9-6(10)2-1-5-3-7-8-4-5/h1-4,9-10H,(H,7,8)/b2-1+. The Bertz CT molecular complexity index is 207. The van der Waals surface area contributed by atoms with Gasteiger partial charge in [0, 0.05) is 11.8 Å². The van der Waals surface area contributed by atoms with E-state index in [4.69, 9.17) is 10.0 Å². The molecule has 0 saturated carbocycles. The lowest BCUT2D eigenvalue weighted by atomic mass is 9.91. The molecule has 10 heavy (non-hydrogen) atoms. The number of H-pyrrole nitrogens is 1. The van der Waals surface area contributed by atoms with E-state index < -0.39 is 7.12 Å². The van der Waals surface area contributed by atoms with Crippen molar-refractivity contribution >= 4 is 13.2 Å². The van der Waals surface area contributed by atoms with Gasteiger partial charge in [-0.05, 0) is 0 Å². The average Bonchev–Trinajstić information content (AvgIpc) is 2.34. The van der Waals surface area contributed by atoms with E-state index in [-0.39, 0.29) is 0 Å². The van der Waals surface area contributed by atoms with E-state index in [0.29, 0.717) is 0 Å². The highest BCUT2D eigenvalue weighted by Crippen LogP contribution is 1.95. The lowest BCUT2D eigenvalue weighted by Gasteiger charge is -1.83. The summed E-state index contributed by atoms with van der Waals surface area (Å²) in [6.45, 7) is 0. The molecule has 3 N–H and O–H groups in total. The second kappa shape index (κ2) is 3.19. The van der Waals surface area contributed by atoms with Gasteiger partial charge in [0.15, 0.2) is 0 Å². The molecule has 0 fully saturated rings. The Balaban J connectivity index is 2.55. The summed E-state index contributed by atoms with van der Waals surface area (Å²) < 4.78 is 0. The van der Waals surface area contributed by atoms with Gasteiger partial charge in [-0.25, -0.2) is 0 Å². The zero-order valence-corrected chi connectivity index (χ0v) is 5.23. The van der Waals surface area contributed by atoms with Crippen molar-refractivity contribution in [3.05, 3.63) is 23.9 Å². The fraction of sp³-hybridized carbons (Fsp3) is 0. The number of aromatic amines is 1. The fourth-order valence-corrected chi connectivity index (χ4v) is 0.549. The van der Waals surface area contributed by atoms with Crippen LogP contribution in [0.1, 0.15) is 5.56 Å². The number of rotatable bonds is 2. The lowest BCUT2D eigenvalue weighted by Crippen LogP contribution is -2.05. The van der Waals surface area contributed by atoms with E-state index in [1.807, 2.05) is 0 Å². The smallest absolute Gasteiger partial charge is 0.424 e. The molecule has 52 valence electrons. The Morgan fingerprint density at radius 3 is 2.90 bits per heavy atom. The van der Waals surface area contributed by atoms with Crippen molar-refractivity contribution in [3.63, 3.8) is 0 Å². The van der Waals surface area contributed by atoms with Crippen molar-refractivity contribution in [2.75, 3.05) is 0 Å². The molecule has 0 bridgehead atoms. The molecule has 1 aromatic heterocycles. The van der Waals surface area contributed by atoms with Gasteiger partial charge in [-0.3, -0.25) is 5.10 Å². The molecule has 0 saturated heterocycles. The van der Waals surface area contributed by atoms with Gasteiger partial charge in [-0.15, -0.1) is 0 Å².